The highest BCUT2D eigenvalue weighted by molar-refractivity contribution is 5.98. The van der Waals surface area contributed by atoms with Crippen LogP contribution in [0, 0.1) is 27.7 Å². The van der Waals surface area contributed by atoms with Gasteiger partial charge in [-0.3, -0.25) is 9.59 Å². The van der Waals surface area contributed by atoms with Gasteiger partial charge in [0.15, 0.2) is 0 Å². The molecule has 0 aliphatic heterocycles. The van der Waals surface area contributed by atoms with Gasteiger partial charge in [0.1, 0.15) is 0 Å². The van der Waals surface area contributed by atoms with Crippen LogP contribution in [-0.2, 0) is 0 Å². The molecule has 2 aromatic heterocycles. The molecule has 0 amide bonds. The minimum atomic E-state index is -0.401. The number of carbonyl (C=O) groups excluding carboxylic acids is 2. The summed E-state index contributed by atoms with van der Waals surface area (Å²) < 4.78 is 2.50. The molecule has 0 bridgehead atoms. The maximum absolute atomic E-state index is 12.6. The summed E-state index contributed by atoms with van der Waals surface area (Å²) in [6.07, 6.45) is 5.77. The highest BCUT2D eigenvalue weighted by Gasteiger charge is 2.13. The van der Waals surface area contributed by atoms with Crippen molar-refractivity contribution in [1.82, 2.24) is 19.6 Å². The molecule has 0 unspecified atom stereocenters. The quantitative estimate of drug-likeness (QED) is 0.423. The molecule has 6 heteroatoms. The fraction of sp³-hybridized carbons (Fsp3) is 0.154. The first-order valence-corrected chi connectivity index (χ1v) is 10.3. The molecule has 0 N–H and O–H groups in total. The van der Waals surface area contributed by atoms with Crippen molar-refractivity contribution in [2.24, 2.45) is 0 Å². The van der Waals surface area contributed by atoms with Gasteiger partial charge in [0.25, 0.3) is 11.8 Å². The molecule has 6 nitrogen and oxygen atoms in total. The highest BCUT2D eigenvalue weighted by atomic mass is 16.2. The van der Waals surface area contributed by atoms with Crippen LogP contribution < -0.4 is 0 Å². The summed E-state index contributed by atoms with van der Waals surface area (Å²) in [4.78, 5) is 25.2. The summed E-state index contributed by atoms with van der Waals surface area (Å²) in [5.41, 5.74) is 7.43. The van der Waals surface area contributed by atoms with E-state index in [1.165, 1.54) is 21.5 Å². The average Bonchev–Trinajstić information content (AvgIpc) is 3.36. The lowest BCUT2D eigenvalue weighted by Gasteiger charge is -1.99. The third kappa shape index (κ3) is 4.34. The molecule has 4 rings (SSSR count). The van der Waals surface area contributed by atoms with Crippen LogP contribution >= 0.6 is 0 Å². The van der Waals surface area contributed by atoms with E-state index >= 15 is 0 Å². The van der Waals surface area contributed by atoms with Gasteiger partial charge in [-0.25, -0.2) is 9.36 Å². The molecule has 0 saturated heterocycles. The molecule has 32 heavy (non-hydrogen) atoms. The van der Waals surface area contributed by atoms with E-state index in [1.807, 2.05) is 76.2 Å². The van der Waals surface area contributed by atoms with Gasteiger partial charge in [-0.15, -0.1) is 0 Å². The van der Waals surface area contributed by atoms with Gasteiger partial charge in [0, 0.05) is 35.7 Å². The molecule has 2 heterocycles. The van der Waals surface area contributed by atoms with Crippen molar-refractivity contribution in [3.8, 4) is 22.5 Å². The Bertz CT molecular complexity index is 1220. The van der Waals surface area contributed by atoms with E-state index in [0.717, 1.165) is 44.8 Å². The first kappa shape index (κ1) is 21.2. The van der Waals surface area contributed by atoms with Gasteiger partial charge >= 0.3 is 0 Å². The Morgan fingerprint density at radius 1 is 0.625 bits per heavy atom. The van der Waals surface area contributed by atoms with E-state index in [1.54, 1.807) is 12.4 Å². The lowest BCUT2D eigenvalue weighted by molar-refractivity contribution is 0.0927. The fourth-order valence-electron chi connectivity index (χ4n) is 3.43. The van der Waals surface area contributed by atoms with Gasteiger partial charge in [0.2, 0.25) is 0 Å². The Hall–Kier alpha value is -4.06. The molecule has 160 valence electrons. The van der Waals surface area contributed by atoms with Crippen LogP contribution in [0.3, 0.4) is 0 Å². The van der Waals surface area contributed by atoms with Crippen LogP contribution in [0.15, 0.2) is 73.1 Å². The summed E-state index contributed by atoms with van der Waals surface area (Å²) in [6.45, 7) is 7.84. The predicted molar refractivity (Wildman–Crippen MR) is 125 cm³/mol. The standard InChI is InChI=1S/C26H24N4O2/c1-17-5-9-21(10-6-17)25-19(3)15-29(27-25)23(31)13-14-24(32)30-16-20(4)26(28-30)22-11-7-18(2)8-12-22/h5-16H,1-4H3/b14-13+. The third-order valence-corrected chi connectivity index (χ3v) is 5.26. The lowest BCUT2D eigenvalue weighted by Crippen LogP contribution is -2.12. The van der Waals surface area contributed by atoms with E-state index in [9.17, 15) is 9.59 Å². The van der Waals surface area contributed by atoms with E-state index in [4.69, 9.17) is 0 Å². The fourth-order valence-corrected chi connectivity index (χ4v) is 3.43. The second-order valence-corrected chi connectivity index (χ2v) is 7.95. The molecule has 0 aliphatic carbocycles. The van der Waals surface area contributed by atoms with Crippen LogP contribution in [0.25, 0.3) is 22.5 Å². The second-order valence-electron chi connectivity index (χ2n) is 7.95. The van der Waals surface area contributed by atoms with Crippen molar-refractivity contribution in [2.45, 2.75) is 27.7 Å². The number of aryl methyl sites for hydroxylation is 4. The Morgan fingerprint density at radius 2 is 0.969 bits per heavy atom. The first-order chi connectivity index (χ1) is 15.3. The summed E-state index contributed by atoms with van der Waals surface area (Å²) in [6, 6.07) is 15.9. The number of aromatic nitrogens is 4. The largest absolute Gasteiger partial charge is 0.271 e. The zero-order chi connectivity index (χ0) is 22.8. The Kier molecular flexibility index (Phi) is 5.69. The zero-order valence-electron chi connectivity index (χ0n) is 18.5. The van der Waals surface area contributed by atoms with Crippen molar-refractivity contribution < 1.29 is 9.59 Å². The number of hydrogen-bond acceptors (Lipinski definition) is 4. The average molecular weight is 425 g/mol. The molecule has 4 aromatic rings. The van der Waals surface area contributed by atoms with E-state index in [-0.39, 0.29) is 0 Å². The number of rotatable bonds is 4. The second kappa shape index (κ2) is 8.59. The van der Waals surface area contributed by atoms with Gasteiger partial charge in [-0.2, -0.15) is 10.2 Å². The minimum absolute atomic E-state index is 0.401. The van der Waals surface area contributed by atoms with Crippen molar-refractivity contribution >= 4 is 11.8 Å². The van der Waals surface area contributed by atoms with E-state index < -0.39 is 11.8 Å². The lowest BCUT2D eigenvalue weighted by atomic mass is 10.1. The molecule has 0 saturated carbocycles. The Balaban J connectivity index is 1.51. The van der Waals surface area contributed by atoms with Gasteiger partial charge < -0.3 is 0 Å². The molecule has 0 fully saturated rings. The topological polar surface area (TPSA) is 69.8 Å². The zero-order valence-corrected chi connectivity index (χ0v) is 18.5. The van der Waals surface area contributed by atoms with E-state index in [0.29, 0.717) is 0 Å². The van der Waals surface area contributed by atoms with Crippen LogP contribution in [0.2, 0.25) is 0 Å². The number of benzene rings is 2. The molecule has 0 radical (unpaired) electrons. The first-order valence-electron chi connectivity index (χ1n) is 10.3. The number of nitrogens with zero attached hydrogens (tertiary/aromatic N) is 4. The van der Waals surface area contributed by atoms with Crippen LogP contribution in [0.1, 0.15) is 31.8 Å². The monoisotopic (exact) mass is 424 g/mol. The Labute approximate surface area is 186 Å². The SMILES string of the molecule is Cc1ccc(-c2nn(C(=O)/C=C/C(=O)n3cc(C)c(-c4ccc(C)cc4)n3)cc2C)cc1. The molecular formula is C26H24N4O2. The maximum Gasteiger partial charge on any atom is 0.271 e. The van der Waals surface area contributed by atoms with Crippen molar-refractivity contribution in [2.75, 3.05) is 0 Å². The van der Waals surface area contributed by atoms with Crippen molar-refractivity contribution in [1.29, 1.82) is 0 Å². The summed E-state index contributed by atoms with van der Waals surface area (Å²) in [5, 5.41) is 8.81. The van der Waals surface area contributed by atoms with Gasteiger partial charge in [-0.1, -0.05) is 59.7 Å². The number of carbonyl (C=O) groups is 2. The number of allylic oxidation sites excluding steroid dienone is 2. The smallest absolute Gasteiger partial charge is 0.267 e. The van der Waals surface area contributed by atoms with Crippen LogP contribution in [0.5, 0.6) is 0 Å². The van der Waals surface area contributed by atoms with E-state index in [2.05, 4.69) is 10.2 Å². The summed E-state index contributed by atoms with van der Waals surface area (Å²) >= 11 is 0. The van der Waals surface area contributed by atoms with Gasteiger partial charge in [-0.05, 0) is 38.8 Å². The minimum Gasteiger partial charge on any atom is -0.267 e. The molecule has 0 atom stereocenters. The summed E-state index contributed by atoms with van der Waals surface area (Å²) in [7, 11) is 0. The predicted octanol–water partition coefficient (Wildman–Crippen LogP) is 5.18. The van der Waals surface area contributed by atoms with Crippen molar-refractivity contribution in [3.05, 3.63) is 95.3 Å². The molecule has 0 spiro atoms. The molecule has 0 aliphatic rings. The third-order valence-electron chi connectivity index (χ3n) is 5.26. The maximum atomic E-state index is 12.6. The van der Waals surface area contributed by atoms with Crippen LogP contribution in [0.4, 0.5) is 0 Å². The van der Waals surface area contributed by atoms with Gasteiger partial charge in [0.05, 0.1) is 11.4 Å². The summed E-state index contributed by atoms with van der Waals surface area (Å²) in [5.74, 6) is -0.801. The van der Waals surface area contributed by atoms with Crippen molar-refractivity contribution in [3.63, 3.8) is 0 Å². The van der Waals surface area contributed by atoms with Crippen LogP contribution in [-0.4, -0.2) is 31.4 Å². The Morgan fingerprint density at radius 3 is 1.31 bits per heavy atom. The molecule has 2 aromatic carbocycles. The molecular weight excluding hydrogens is 400 g/mol. The number of hydrogen-bond donors (Lipinski definition) is 0. The highest BCUT2D eigenvalue weighted by Crippen LogP contribution is 2.23. The normalized spacial score (nSPS) is 11.2.